The first kappa shape index (κ1) is 26.2. The molecule has 0 radical (unpaired) electrons. The number of amides is 3. The number of anilines is 1. The number of likely N-dealkylation sites (tertiary alicyclic amines) is 1. The van der Waals surface area contributed by atoms with Gasteiger partial charge in [-0.3, -0.25) is 24.7 Å². The van der Waals surface area contributed by atoms with E-state index in [0.29, 0.717) is 11.3 Å². The summed E-state index contributed by atoms with van der Waals surface area (Å²) >= 11 is 0. The first-order valence-electron chi connectivity index (χ1n) is 12.5. The normalized spacial score (nSPS) is 20.9. The molecule has 0 aliphatic carbocycles. The summed E-state index contributed by atoms with van der Waals surface area (Å²) in [6.45, 7) is 11.6. The van der Waals surface area contributed by atoms with Gasteiger partial charge in [0.1, 0.15) is 23.4 Å². The molecule has 11 heteroatoms. The number of fused-ring (bicyclic) bond motifs is 3. The van der Waals surface area contributed by atoms with Crippen LogP contribution in [-0.2, 0) is 15.1 Å². The minimum Gasteiger partial charge on any atom is -0.435 e. The van der Waals surface area contributed by atoms with Gasteiger partial charge in [0, 0.05) is 24.1 Å². The third-order valence-electron chi connectivity index (χ3n) is 7.32. The van der Waals surface area contributed by atoms with Gasteiger partial charge in [0.05, 0.1) is 24.2 Å². The van der Waals surface area contributed by atoms with Crippen LogP contribution in [0.25, 0.3) is 15.7 Å². The Morgan fingerprint density at radius 1 is 1.26 bits per heavy atom. The van der Waals surface area contributed by atoms with Crippen LogP contribution in [0.2, 0.25) is 0 Å². The zero-order valence-corrected chi connectivity index (χ0v) is 21.6. The van der Waals surface area contributed by atoms with Crippen LogP contribution in [0.3, 0.4) is 0 Å². The number of halogens is 2. The van der Waals surface area contributed by atoms with Crippen LogP contribution >= 0.6 is 0 Å². The van der Waals surface area contributed by atoms with Gasteiger partial charge in [0.15, 0.2) is 5.60 Å². The fraction of sp³-hybridized carbons (Fsp3) is 0.357. The third kappa shape index (κ3) is 4.56. The molecule has 39 heavy (non-hydrogen) atoms. The molecule has 0 saturated carbocycles. The number of aromatic amines is 1. The first-order valence-corrected chi connectivity index (χ1v) is 12.5. The molecule has 2 aliphatic rings. The lowest BCUT2D eigenvalue weighted by Gasteiger charge is -2.35. The molecule has 1 spiro atoms. The third-order valence-corrected chi connectivity index (χ3v) is 7.32. The Kier molecular flexibility index (Phi) is 6.50. The first-order chi connectivity index (χ1) is 18.5. The van der Waals surface area contributed by atoms with Gasteiger partial charge in [-0.25, -0.2) is 20.1 Å². The zero-order chi connectivity index (χ0) is 28.1. The van der Waals surface area contributed by atoms with Crippen molar-refractivity contribution in [1.29, 1.82) is 0 Å². The van der Waals surface area contributed by atoms with Gasteiger partial charge in [-0.1, -0.05) is 32.0 Å². The minimum atomic E-state index is -1.20. The monoisotopic (exact) mass is 535 g/mol. The highest BCUT2D eigenvalue weighted by Gasteiger charge is 2.57. The summed E-state index contributed by atoms with van der Waals surface area (Å²) < 4.78 is 33.7. The fourth-order valence-electron chi connectivity index (χ4n) is 5.49. The lowest BCUT2D eigenvalue weighted by Crippen LogP contribution is -2.52. The number of likely N-dealkylation sites (N-methyl/N-ethyl adjacent to an activating group) is 1. The van der Waals surface area contributed by atoms with E-state index in [0.717, 1.165) is 12.1 Å². The van der Waals surface area contributed by atoms with Crippen LogP contribution in [0, 0.1) is 24.1 Å². The van der Waals surface area contributed by atoms with E-state index in [-0.39, 0.29) is 41.9 Å². The largest absolute Gasteiger partial charge is 0.435 e. The molecule has 9 nitrogen and oxygen atoms in total. The molecule has 1 saturated heterocycles. The maximum atomic E-state index is 14.3. The molecule has 5 rings (SSSR count). The molecule has 3 amide bonds. The number of para-hydroxylation sites is 1. The second-order valence-corrected chi connectivity index (χ2v) is 10.4. The molecule has 1 fully saturated rings. The Labute approximate surface area is 223 Å². The van der Waals surface area contributed by atoms with Crippen molar-refractivity contribution in [1.82, 2.24) is 14.8 Å². The second-order valence-electron chi connectivity index (χ2n) is 10.4. The summed E-state index contributed by atoms with van der Waals surface area (Å²) in [5.74, 6) is -2.63. The smallest absolute Gasteiger partial charge is 0.412 e. The number of nitrogens with one attached hydrogen (secondary N) is 2. The number of ether oxygens (including phenoxy) is 1. The Hall–Kier alpha value is -4.46. The van der Waals surface area contributed by atoms with Crippen LogP contribution in [0.15, 0.2) is 42.5 Å². The van der Waals surface area contributed by atoms with E-state index in [1.54, 1.807) is 24.3 Å². The van der Waals surface area contributed by atoms with Crippen molar-refractivity contribution in [3.63, 3.8) is 0 Å². The number of carbonyl (C=O) groups excluding carboxylic acids is 3. The van der Waals surface area contributed by atoms with Crippen molar-refractivity contribution in [3.05, 3.63) is 76.8 Å². The standard InChI is InChI=1S/C28H27F2N5O4/c1-15(2)9-23(34(4)25(36)22-12-17-19(30)10-16(29)11-21(17)32-22)26(37)35-14-28(13-24(35)31-3)18-7-5-6-8-20(18)33-27(38)39-28/h5-8,10-12,15,23-24,32H,9,13-14H2,1-2,4H3,(H,33,38)/t23-,24-,28-/m0/s1. The SMILES string of the molecule is [C-]#[N+][C@@H]1C[C@@]2(CN1C(=O)[C@H](CC(C)C)N(C)C(=O)c1cc3c(F)cc(F)cc3[nH]1)OC(=O)Nc1ccccc12. The molecular weight excluding hydrogens is 508 g/mol. The highest BCUT2D eigenvalue weighted by atomic mass is 19.1. The lowest BCUT2D eigenvalue weighted by atomic mass is 9.89. The van der Waals surface area contributed by atoms with E-state index >= 15 is 0 Å². The highest BCUT2D eigenvalue weighted by Crippen LogP contribution is 2.45. The number of carbonyl (C=O) groups is 3. The van der Waals surface area contributed by atoms with Gasteiger partial charge in [0.25, 0.3) is 11.8 Å². The Balaban J connectivity index is 1.47. The average Bonchev–Trinajstić information content (AvgIpc) is 3.48. The van der Waals surface area contributed by atoms with E-state index in [4.69, 9.17) is 11.3 Å². The van der Waals surface area contributed by atoms with Crippen LogP contribution in [0.5, 0.6) is 0 Å². The average molecular weight is 536 g/mol. The summed E-state index contributed by atoms with van der Waals surface area (Å²) in [5, 5.41) is 2.71. The summed E-state index contributed by atoms with van der Waals surface area (Å²) in [7, 11) is 1.47. The molecule has 1 aromatic heterocycles. The van der Waals surface area contributed by atoms with Gasteiger partial charge in [0.2, 0.25) is 0 Å². The molecule has 0 unspecified atom stereocenters. The van der Waals surface area contributed by atoms with Gasteiger partial charge >= 0.3 is 12.3 Å². The maximum Gasteiger partial charge on any atom is 0.412 e. The molecule has 2 aliphatic heterocycles. The Morgan fingerprint density at radius 3 is 2.72 bits per heavy atom. The molecule has 3 heterocycles. The fourth-order valence-corrected chi connectivity index (χ4v) is 5.49. The van der Waals surface area contributed by atoms with Gasteiger partial charge < -0.3 is 14.6 Å². The quantitative estimate of drug-likeness (QED) is 0.456. The van der Waals surface area contributed by atoms with Crippen LogP contribution in [0.4, 0.5) is 19.3 Å². The Morgan fingerprint density at radius 2 is 2.00 bits per heavy atom. The number of hydrogen-bond acceptors (Lipinski definition) is 4. The van der Waals surface area contributed by atoms with Crippen molar-refractivity contribution in [3.8, 4) is 0 Å². The van der Waals surface area contributed by atoms with Crippen molar-refractivity contribution in [2.24, 2.45) is 5.92 Å². The van der Waals surface area contributed by atoms with Crippen molar-refractivity contribution in [2.75, 3.05) is 18.9 Å². The van der Waals surface area contributed by atoms with Crippen molar-refractivity contribution >= 4 is 34.5 Å². The molecule has 0 bridgehead atoms. The zero-order valence-electron chi connectivity index (χ0n) is 21.6. The predicted octanol–water partition coefficient (Wildman–Crippen LogP) is 4.87. The maximum absolute atomic E-state index is 14.3. The summed E-state index contributed by atoms with van der Waals surface area (Å²) in [4.78, 5) is 48.9. The summed E-state index contributed by atoms with van der Waals surface area (Å²) in [6, 6.07) is 9.25. The number of hydrogen-bond donors (Lipinski definition) is 2. The molecule has 3 atom stereocenters. The Bertz CT molecular complexity index is 1530. The topological polar surface area (TPSA) is 99.1 Å². The second kappa shape index (κ2) is 9.69. The predicted molar refractivity (Wildman–Crippen MR) is 138 cm³/mol. The van der Waals surface area contributed by atoms with E-state index in [1.165, 1.54) is 22.9 Å². The van der Waals surface area contributed by atoms with Crippen LogP contribution in [-0.4, -0.2) is 58.5 Å². The minimum absolute atomic E-state index is 0.000565. The summed E-state index contributed by atoms with van der Waals surface area (Å²) in [5.41, 5.74) is 0.149. The van der Waals surface area contributed by atoms with Crippen LogP contribution in [0.1, 0.15) is 42.7 Å². The molecular formula is C28H27F2N5O4. The van der Waals surface area contributed by atoms with Gasteiger partial charge in [-0.2, -0.15) is 0 Å². The number of H-pyrrole nitrogens is 1. The van der Waals surface area contributed by atoms with E-state index in [9.17, 15) is 23.2 Å². The number of nitrogens with zero attached hydrogens (tertiary/aromatic N) is 3. The van der Waals surface area contributed by atoms with Gasteiger partial charge in [-0.15, -0.1) is 0 Å². The molecule has 3 aromatic rings. The number of rotatable bonds is 5. The van der Waals surface area contributed by atoms with Gasteiger partial charge in [-0.05, 0) is 30.5 Å². The number of benzene rings is 2. The molecule has 2 aromatic carbocycles. The molecule has 202 valence electrons. The number of aromatic nitrogens is 1. The lowest BCUT2D eigenvalue weighted by molar-refractivity contribution is -0.137. The van der Waals surface area contributed by atoms with Crippen molar-refractivity contribution in [2.45, 2.75) is 44.5 Å². The summed E-state index contributed by atoms with van der Waals surface area (Å²) in [6.07, 6.45) is -1.21. The molecule has 2 N–H and O–H groups in total. The van der Waals surface area contributed by atoms with Crippen LogP contribution < -0.4 is 5.32 Å². The van der Waals surface area contributed by atoms with E-state index < -0.39 is 47.4 Å². The van der Waals surface area contributed by atoms with E-state index in [1.807, 2.05) is 13.8 Å². The van der Waals surface area contributed by atoms with Crippen molar-refractivity contribution < 1.29 is 27.9 Å². The highest BCUT2D eigenvalue weighted by molar-refractivity contribution is 6.00. The van der Waals surface area contributed by atoms with E-state index in [2.05, 4.69) is 15.1 Å².